The van der Waals surface area contributed by atoms with Gasteiger partial charge in [0.25, 0.3) is 0 Å². The van der Waals surface area contributed by atoms with Gasteiger partial charge in [-0.05, 0) is 54.4 Å². The molecule has 168 valence electrons. The highest BCUT2D eigenvalue weighted by molar-refractivity contribution is 6.41. The lowest BCUT2D eigenvalue weighted by Crippen LogP contribution is -2.10. The summed E-state index contributed by atoms with van der Waals surface area (Å²) in [6, 6.07) is 10.4. The highest BCUT2D eigenvalue weighted by atomic mass is 19.4. The number of halogens is 3. The molecule has 5 heteroatoms. The second-order valence-electron chi connectivity index (χ2n) is 8.88. The Hall–Kier alpha value is -2.43. The van der Waals surface area contributed by atoms with Crippen molar-refractivity contribution in [2.45, 2.75) is 79.3 Å². The van der Waals surface area contributed by atoms with Crippen LogP contribution in [0, 0.1) is 0 Å². The minimum Gasteiger partial charge on any atom is -0.251 e. The van der Waals surface area contributed by atoms with Gasteiger partial charge in [0.05, 0.1) is 28.4 Å². The summed E-state index contributed by atoms with van der Waals surface area (Å²) in [5, 5.41) is 0. The maximum Gasteiger partial charge on any atom is 0.418 e. The molecule has 2 aromatic carbocycles. The van der Waals surface area contributed by atoms with E-state index in [-0.39, 0.29) is 23.4 Å². The van der Waals surface area contributed by atoms with Crippen LogP contribution in [-0.4, -0.2) is 11.4 Å². The van der Waals surface area contributed by atoms with Crippen molar-refractivity contribution in [2.75, 3.05) is 0 Å². The van der Waals surface area contributed by atoms with E-state index in [0.29, 0.717) is 17.0 Å². The Bertz CT molecular complexity index is 954. The number of nitrogens with zero attached hydrogens (tertiary/aromatic N) is 2. The molecule has 0 radical (unpaired) electrons. The highest BCUT2D eigenvalue weighted by Gasteiger charge is 2.34. The minimum absolute atomic E-state index is 0.0155. The van der Waals surface area contributed by atoms with Gasteiger partial charge >= 0.3 is 6.18 Å². The first kappa shape index (κ1) is 24.8. The number of hydrogen-bond acceptors (Lipinski definition) is 2. The first-order valence-electron chi connectivity index (χ1n) is 10.8. The molecular weight excluding hydrogens is 397 g/mol. The van der Waals surface area contributed by atoms with Crippen molar-refractivity contribution in [1.29, 1.82) is 0 Å². The summed E-state index contributed by atoms with van der Waals surface area (Å²) in [7, 11) is 0. The van der Waals surface area contributed by atoms with E-state index in [9.17, 15) is 13.2 Å². The van der Waals surface area contributed by atoms with Gasteiger partial charge in [-0.3, -0.25) is 9.98 Å². The lowest BCUT2D eigenvalue weighted by atomic mass is 9.93. The van der Waals surface area contributed by atoms with Crippen LogP contribution in [0.4, 0.5) is 24.5 Å². The number of rotatable bonds is 6. The summed E-state index contributed by atoms with van der Waals surface area (Å²) >= 11 is 0. The maximum atomic E-state index is 13.7. The number of hydrogen-bond donors (Lipinski definition) is 0. The van der Waals surface area contributed by atoms with E-state index in [1.807, 2.05) is 26.8 Å². The number of aliphatic imine (C=N–C) groups is 2. The quantitative estimate of drug-likeness (QED) is 0.409. The topological polar surface area (TPSA) is 24.7 Å². The van der Waals surface area contributed by atoms with Crippen molar-refractivity contribution in [3.63, 3.8) is 0 Å². The van der Waals surface area contributed by atoms with E-state index < -0.39 is 11.7 Å². The molecule has 0 aromatic heterocycles. The second kappa shape index (κ2) is 9.80. The molecule has 31 heavy (non-hydrogen) atoms. The van der Waals surface area contributed by atoms with Crippen LogP contribution in [-0.2, 0) is 6.18 Å². The SMILES string of the molecule is CC(=Nc1c(C(C)C)cccc1C(C)C)C(C)=Nc1c(C(C)C)cccc1C(F)(F)F. The van der Waals surface area contributed by atoms with Crippen LogP contribution >= 0.6 is 0 Å². The number of para-hydroxylation sites is 2. The van der Waals surface area contributed by atoms with E-state index in [4.69, 9.17) is 4.99 Å². The second-order valence-corrected chi connectivity index (χ2v) is 8.88. The van der Waals surface area contributed by atoms with Gasteiger partial charge in [0.1, 0.15) is 0 Å². The molecule has 2 nitrogen and oxygen atoms in total. The van der Waals surface area contributed by atoms with Crippen molar-refractivity contribution < 1.29 is 13.2 Å². The van der Waals surface area contributed by atoms with Crippen LogP contribution < -0.4 is 0 Å². The average Bonchev–Trinajstić information content (AvgIpc) is 2.66. The molecule has 0 amide bonds. The fourth-order valence-electron chi connectivity index (χ4n) is 3.52. The molecule has 2 aromatic rings. The highest BCUT2D eigenvalue weighted by Crippen LogP contribution is 2.41. The zero-order valence-electron chi connectivity index (χ0n) is 19.7. The Labute approximate surface area is 184 Å². The molecule has 0 heterocycles. The Morgan fingerprint density at radius 1 is 0.645 bits per heavy atom. The minimum atomic E-state index is -4.47. The van der Waals surface area contributed by atoms with Crippen LogP contribution in [0.25, 0.3) is 0 Å². The Morgan fingerprint density at radius 2 is 1.00 bits per heavy atom. The molecule has 0 aliphatic carbocycles. The molecule has 0 fully saturated rings. The lowest BCUT2D eigenvalue weighted by Gasteiger charge is -2.18. The van der Waals surface area contributed by atoms with Gasteiger partial charge < -0.3 is 0 Å². The van der Waals surface area contributed by atoms with E-state index in [1.165, 1.54) is 6.07 Å². The summed E-state index contributed by atoms with van der Waals surface area (Å²) in [6.45, 7) is 15.7. The third-order valence-corrected chi connectivity index (χ3v) is 5.42. The molecule has 2 rings (SSSR count). The van der Waals surface area contributed by atoms with Crippen molar-refractivity contribution in [3.05, 3.63) is 58.7 Å². The van der Waals surface area contributed by atoms with Crippen LogP contribution in [0.15, 0.2) is 46.4 Å². The standard InChI is InChI=1S/C26H33F3N2/c1-15(2)20-11-9-12-21(16(3)4)24(20)30-18(7)19(8)31-25-22(17(5)6)13-10-14-23(25)26(27,28)29/h9-17H,1-8H3. The average molecular weight is 431 g/mol. The summed E-state index contributed by atoms with van der Waals surface area (Å²) in [4.78, 5) is 9.33. The molecule has 0 bridgehead atoms. The molecule has 0 atom stereocenters. The number of benzene rings is 2. The monoisotopic (exact) mass is 430 g/mol. The fourth-order valence-corrected chi connectivity index (χ4v) is 3.52. The lowest BCUT2D eigenvalue weighted by molar-refractivity contribution is -0.137. The Kier molecular flexibility index (Phi) is 7.85. The van der Waals surface area contributed by atoms with E-state index in [2.05, 4.69) is 44.8 Å². The molecule has 0 saturated heterocycles. The van der Waals surface area contributed by atoms with Gasteiger partial charge in [-0.2, -0.15) is 13.2 Å². The van der Waals surface area contributed by atoms with Crippen LogP contribution in [0.1, 0.15) is 95.4 Å². The normalized spacial score (nSPS) is 13.6. The first-order chi connectivity index (χ1) is 14.3. The van der Waals surface area contributed by atoms with E-state index in [0.717, 1.165) is 22.9 Å². The zero-order chi connectivity index (χ0) is 23.5. The Morgan fingerprint density at radius 3 is 1.39 bits per heavy atom. The molecule has 0 aliphatic heterocycles. The molecule has 0 N–H and O–H groups in total. The fraction of sp³-hybridized carbons (Fsp3) is 0.462. The van der Waals surface area contributed by atoms with Gasteiger partial charge in [0, 0.05) is 0 Å². The molecule has 0 saturated carbocycles. The summed E-state index contributed by atoms with van der Waals surface area (Å²) in [5.41, 5.74) is 4.08. The predicted octanol–water partition coefficient (Wildman–Crippen LogP) is 8.96. The van der Waals surface area contributed by atoms with Crippen molar-refractivity contribution in [3.8, 4) is 0 Å². The third-order valence-electron chi connectivity index (χ3n) is 5.42. The van der Waals surface area contributed by atoms with Crippen LogP contribution in [0.5, 0.6) is 0 Å². The van der Waals surface area contributed by atoms with E-state index in [1.54, 1.807) is 13.0 Å². The molecule has 0 unspecified atom stereocenters. The number of alkyl halides is 3. The summed E-state index contributed by atoms with van der Waals surface area (Å²) < 4.78 is 41.0. The summed E-state index contributed by atoms with van der Waals surface area (Å²) in [5.74, 6) is 0.474. The smallest absolute Gasteiger partial charge is 0.251 e. The maximum absolute atomic E-state index is 13.7. The van der Waals surface area contributed by atoms with Gasteiger partial charge in [-0.1, -0.05) is 71.9 Å². The predicted molar refractivity (Wildman–Crippen MR) is 126 cm³/mol. The Balaban J connectivity index is 2.67. The summed E-state index contributed by atoms with van der Waals surface area (Å²) in [6.07, 6.45) is -4.47. The van der Waals surface area contributed by atoms with E-state index >= 15 is 0 Å². The zero-order valence-corrected chi connectivity index (χ0v) is 19.7. The van der Waals surface area contributed by atoms with Crippen molar-refractivity contribution in [1.82, 2.24) is 0 Å². The largest absolute Gasteiger partial charge is 0.418 e. The molecular formula is C26H33F3N2. The van der Waals surface area contributed by atoms with Gasteiger partial charge in [0.15, 0.2) is 0 Å². The molecule has 0 spiro atoms. The van der Waals surface area contributed by atoms with Crippen molar-refractivity contribution in [2.24, 2.45) is 9.98 Å². The van der Waals surface area contributed by atoms with Gasteiger partial charge in [-0.15, -0.1) is 0 Å². The molecule has 0 aliphatic rings. The van der Waals surface area contributed by atoms with Gasteiger partial charge in [0.2, 0.25) is 0 Å². The van der Waals surface area contributed by atoms with Crippen LogP contribution in [0.2, 0.25) is 0 Å². The van der Waals surface area contributed by atoms with Crippen LogP contribution in [0.3, 0.4) is 0 Å². The van der Waals surface area contributed by atoms with Gasteiger partial charge in [-0.25, -0.2) is 0 Å². The van der Waals surface area contributed by atoms with Crippen molar-refractivity contribution >= 4 is 22.8 Å². The first-order valence-corrected chi connectivity index (χ1v) is 10.8. The third kappa shape index (κ3) is 5.84.